The average Bonchev–Trinajstić information content (AvgIpc) is 2.55. The maximum absolute atomic E-state index is 12.0. The fourth-order valence-electron chi connectivity index (χ4n) is 2.14. The third kappa shape index (κ3) is 6.37. The molecule has 1 atom stereocenters. The number of hydrogen-bond donors (Lipinski definition) is 1. The van der Waals surface area contributed by atoms with E-state index in [1.807, 2.05) is 42.1 Å². The van der Waals surface area contributed by atoms with Crippen LogP contribution >= 0.6 is 11.8 Å². The lowest BCUT2D eigenvalue weighted by Gasteiger charge is -2.14. The molecule has 0 aliphatic carbocycles. The topological polar surface area (TPSA) is 38.3 Å². The molecular formula is C19H23NO2S. The Morgan fingerprint density at radius 2 is 1.96 bits per heavy atom. The number of para-hydroxylation sites is 1. The summed E-state index contributed by atoms with van der Waals surface area (Å²) in [6.07, 6.45) is -0.487. The van der Waals surface area contributed by atoms with E-state index in [2.05, 4.69) is 36.5 Å². The molecule has 2 aromatic rings. The van der Waals surface area contributed by atoms with Crippen LogP contribution in [0.25, 0.3) is 0 Å². The summed E-state index contributed by atoms with van der Waals surface area (Å²) in [5, 5.41) is 2.92. The Bertz CT molecular complexity index is 616. The average molecular weight is 329 g/mol. The van der Waals surface area contributed by atoms with Gasteiger partial charge in [-0.25, -0.2) is 0 Å². The summed E-state index contributed by atoms with van der Waals surface area (Å²) < 4.78 is 5.60. The fourth-order valence-corrected chi connectivity index (χ4v) is 2.94. The van der Waals surface area contributed by atoms with Gasteiger partial charge in [-0.2, -0.15) is 11.8 Å². The van der Waals surface area contributed by atoms with E-state index in [-0.39, 0.29) is 5.91 Å². The Kier molecular flexibility index (Phi) is 7.01. The number of carbonyl (C=O) groups excluding carboxylic acids is 1. The van der Waals surface area contributed by atoms with Crippen LogP contribution in [0.15, 0.2) is 54.6 Å². The smallest absolute Gasteiger partial charge is 0.260 e. The van der Waals surface area contributed by atoms with Gasteiger partial charge in [0.05, 0.1) is 0 Å². The second-order valence-electron chi connectivity index (χ2n) is 5.41. The first-order valence-corrected chi connectivity index (χ1v) is 8.93. The van der Waals surface area contributed by atoms with Gasteiger partial charge in [0.2, 0.25) is 0 Å². The molecule has 0 fully saturated rings. The van der Waals surface area contributed by atoms with Gasteiger partial charge in [0, 0.05) is 18.1 Å². The van der Waals surface area contributed by atoms with E-state index in [0.29, 0.717) is 12.3 Å². The molecular weight excluding hydrogens is 306 g/mol. The zero-order chi connectivity index (χ0) is 16.5. The quantitative estimate of drug-likeness (QED) is 0.748. The van der Waals surface area contributed by atoms with Gasteiger partial charge in [0.25, 0.3) is 5.91 Å². The first-order valence-electron chi connectivity index (χ1n) is 7.78. The summed E-state index contributed by atoms with van der Waals surface area (Å²) in [6.45, 7) is 4.52. The number of benzene rings is 2. The van der Waals surface area contributed by atoms with E-state index in [1.165, 1.54) is 11.1 Å². The molecule has 1 unspecified atom stereocenters. The molecule has 0 aliphatic heterocycles. The van der Waals surface area contributed by atoms with Crippen molar-refractivity contribution in [3.8, 4) is 5.75 Å². The third-order valence-corrected chi connectivity index (χ3v) is 4.35. The lowest BCUT2D eigenvalue weighted by molar-refractivity contribution is -0.127. The van der Waals surface area contributed by atoms with E-state index in [0.717, 1.165) is 11.5 Å². The van der Waals surface area contributed by atoms with Crippen molar-refractivity contribution < 1.29 is 9.53 Å². The molecule has 4 heteroatoms. The van der Waals surface area contributed by atoms with Crippen molar-refractivity contribution in [1.29, 1.82) is 0 Å². The van der Waals surface area contributed by atoms with Crippen molar-refractivity contribution >= 4 is 17.7 Å². The van der Waals surface area contributed by atoms with E-state index < -0.39 is 6.10 Å². The van der Waals surface area contributed by atoms with E-state index >= 15 is 0 Å². The van der Waals surface area contributed by atoms with Crippen LogP contribution in [0.4, 0.5) is 0 Å². The highest BCUT2D eigenvalue weighted by atomic mass is 32.2. The molecule has 0 heterocycles. The van der Waals surface area contributed by atoms with Gasteiger partial charge in [-0.15, -0.1) is 0 Å². The van der Waals surface area contributed by atoms with Crippen LogP contribution in [0, 0.1) is 6.92 Å². The van der Waals surface area contributed by atoms with E-state index in [9.17, 15) is 4.79 Å². The number of thioether (sulfide) groups is 1. The maximum atomic E-state index is 12.0. The van der Waals surface area contributed by atoms with Gasteiger partial charge in [0.15, 0.2) is 6.10 Å². The summed E-state index contributed by atoms with van der Waals surface area (Å²) >= 11 is 1.82. The molecule has 0 aliphatic rings. The largest absolute Gasteiger partial charge is 0.481 e. The Morgan fingerprint density at radius 1 is 1.17 bits per heavy atom. The molecule has 2 rings (SSSR count). The Hall–Kier alpha value is -1.94. The number of ether oxygens (including phenoxy) is 1. The van der Waals surface area contributed by atoms with Crippen molar-refractivity contribution in [1.82, 2.24) is 5.32 Å². The SMILES string of the molecule is Cc1cccc(CSCCNC(=O)C(C)Oc2ccccc2)c1. The van der Waals surface area contributed by atoms with Crippen molar-refractivity contribution in [2.45, 2.75) is 25.7 Å². The lowest BCUT2D eigenvalue weighted by Crippen LogP contribution is -2.37. The highest BCUT2D eigenvalue weighted by molar-refractivity contribution is 7.98. The minimum Gasteiger partial charge on any atom is -0.481 e. The molecule has 1 N–H and O–H groups in total. The molecule has 0 saturated carbocycles. The highest BCUT2D eigenvalue weighted by Gasteiger charge is 2.13. The second kappa shape index (κ2) is 9.26. The van der Waals surface area contributed by atoms with Gasteiger partial charge in [-0.3, -0.25) is 4.79 Å². The van der Waals surface area contributed by atoms with Crippen LogP contribution in [0.1, 0.15) is 18.1 Å². The monoisotopic (exact) mass is 329 g/mol. The summed E-state index contributed by atoms with van der Waals surface area (Å²) in [5.41, 5.74) is 2.60. The van der Waals surface area contributed by atoms with Crippen molar-refractivity contribution in [2.24, 2.45) is 0 Å². The normalized spacial score (nSPS) is 11.7. The molecule has 0 spiro atoms. The van der Waals surface area contributed by atoms with Crippen LogP contribution in [-0.2, 0) is 10.5 Å². The lowest BCUT2D eigenvalue weighted by atomic mass is 10.2. The standard InChI is InChI=1S/C19H23NO2S/c1-15-7-6-8-17(13-15)14-23-12-11-20-19(21)16(2)22-18-9-4-3-5-10-18/h3-10,13,16H,11-12,14H2,1-2H3,(H,20,21). The van der Waals surface area contributed by atoms with Crippen LogP contribution in [0.5, 0.6) is 5.75 Å². The summed E-state index contributed by atoms with van der Waals surface area (Å²) in [6, 6.07) is 17.9. The fraction of sp³-hybridized carbons (Fsp3) is 0.316. The molecule has 0 aromatic heterocycles. The second-order valence-corrected chi connectivity index (χ2v) is 6.51. The van der Waals surface area contributed by atoms with Crippen LogP contribution in [0.2, 0.25) is 0 Å². The molecule has 23 heavy (non-hydrogen) atoms. The predicted octanol–water partition coefficient (Wildman–Crippen LogP) is 3.81. The zero-order valence-electron chi connectivity index (χ0n) is 13.6. The molecule has 2 aromatic carbocycles. The Labute approximate surface area is 142 Å². The molecule has 0 bridgehead atoms. The summed E-state index contributed by atoms with van der Waals surface area (Å²) in [5.74, 6) is 2.49. The first kappa shape index (κ1) is 17.4. The minimum absolute atomic E-state index is 0.0787. The maximum Gasteiger partial charge on any atom is 0.260 e. The zero-order valence-corrected chi connectivity index (χ0v) is 14.4. The molecule has 122 valence electrons. The number of nitrogens with one attached hydrogen (secondary N) is 1. The number of hydrogen-bond acceptors (Lipinski definition) is 3. The van der Waals surface area contributed by atoms with Gasteiger partial charge in [-0.1, -0.05) is 48.0 Å². The number of rotatable bonds is 8. The summed E-state index contributed by atoms with van der Waals surface area (Å²) in [4.78, 5) is 12.0. The minimum atomic E-state index is -0.487. The van der Waals surface area contributed by atoms with Crippen molar-refractivity contribution in [3.63, 3.8) is 0 Å². The number of carbonyl (C=O) groups is 1. The third-order valence-electron chi connectivity index (χ3n) is 3.32. The summed E-state index contributed by atoms with van der Waals surface area (Å²) in [7, 11) is 0. The molecule has 0 saturated heterocycles. The molecule has 3 nitrogen and oxygen atoms in total. The van der Waals surface area contributed by atoms with Gasteiger partial charge in [-0.05, 0) is 31.5 Å². The number of amides is 1. The Morgan fingerprint density at radius 3 is 2.70 bits per heavy atom. The van der Waals surface area contributed by atoms with Crippen LogP contribution < -0.4 is 10.1 Å². The predicted molar refractivity (Wildman–Crippen MR) is 96.9 cm³/mol. The van der Waals surface area contributed by atoms with Gasteiger partial charge < -0.3 is 10.1 Å². The Balaban J connectivity index is 1.62. The highest BCUT2D eigenvalue weighted by Crippen LogP contribution is 2.13. The number of aryl methyl sites for hydroxylation is 1. The van der Waals surface area contributed by atoms with Gasteiger partial charge >= 0.3 is 0 Å². The van der Waals surface area contributed by atoms with E-state index in [4.69, 9.17) is 4.74 Å². The molecule has 0 radical (unpaired) electrons. The van der Waals surface area contributed by atoms with Crippen molar-refractivity contribution in [3.05, 3.63) is 65.7 Å². The van der Waals surface area contributed by atoms with Crippen LogP contribution in [-0.4, -0.2) is 24.3 Å². The van der Waals surface area contributed by atoms with Crippen molar-refractivity contribution in [2.75, 3.05) is 12.3 Å². The molecule has 1 amide bonds. The van der Waals surface area contributed by atoms with Crippen LogP contribution in [0.3, 0.4) is 0 Å². The van der Waals surface area contributed by atoms with Gasteiger partial charge in [0.1, 0.15) is 5.75 Å². The first-order chi connectivity index (χ1) is 11.1. The van der Waals surface area contributed by atoms with E-state index in [1.54, 1.807) is 6.92 Å².